The van der Waals surface area contributed by atoms with Gasteiger partial charge in [-0.25, -0.2) is 0 Å². The summed E-state index contributed by atoms with van der Waals surface area (Å²) in [6.07, 6.45) is -2.30. The number of carboxylic acid groups (broad SMARTS) is 1. The van der Waals surface area contributed by atoms with Crippen LogP contribution in [0, 0.1) is 0 Å². The molecule has 0 spiro atoms. The van der Waals surface area contributed by atoms with E-state index in [2.05, 4.69) is 0 Å². The molecule has 0 aromatic heterocycles. The van der Waals surface area contributed by atoms with Crippen LogP contribution in [-0.4, -0.2) is 16.2 Å². The first kappa shape index (κ1) is 14.7. The minimum absolute atomic E-state index is 0.191. The van der Waals surface area contributed by atoms with Crippen molar-refractivity contribution in [2.24, 2.45) is 0 Å². The average Bonchev–Trinajstić information content (AvgIpc) is 2.38. The fourth-order valence-corrected chi connectivity index (χ4v) is 2.94. The summed E-state index contributed by atoms with van der Waals surface area (Å²) in [5.41, 5.74) is -2.80. The normalized spacial score (nSPS) is 18.8. The Bertz CT molecular complexity index is 517. The second-order valence-electron chi connectivity index (χ2n) is 5.18. The van der Waals surface area contributed by atoms with Crippen molar-refractivity contribution in [1.29, 1.82) is 0 Å². The van der Waals surface area contributed by atoms with Crippen LogP contribution in [0.3, 0.4) is 0 Å². The van der Waals surface area contributed by atoms with Crippen molar-refractivity contribution < 1.29 is 28.2 Å². The predicted molar refractivity (Wildman–Crippen MR) is 65.5 cm³/mol. The minimum atomic E-state index is -4.69. The Balaban J connectivity index is 2.62. The van der Waals surface area contributed by atoms with Crippen LogP contribution >= 0.6 is 0 Å². The summed E-state index contributed by atoms with van der Waals surface area (Å²) in [6.45, 7) is 0. The van der Waals surface area contributed by atoms with Gasteiger partial charge in [0.05, 0.1) is 11.0 Å². The van der Waals surface area contributed by atoms with Crippen LogP contribution < -0.4 is 0 Å². The molecule has 1 aliphatic rings. The van der Waals surface area contributed by atoms with E-state index in [1.54, 1.807) is 0 Å². The van der Waals surface area contributed by atoms with Crippen LogP contribution in [0.5, 0.6) is 5.75 Å². The Morgan fingerprint density at radius 3 is 2.25 bits per heavy atom. The molecule has 3 nitrogen and oxygen atoms in total. The summed E-state index contributed by atoms with van der Waals surface area (Å²) in [6, 6.07) is 2.82. The van der Waals surface area contributed by atoms with Gasteiger partial charge in [-0.3, -0.25) is 4.79 Å². The van der Waals surface area contributed by atoms with Crippen molar-refractivity contribution in [2.45, 2.75) is 43.7 Å². The summed E-state index contributed by atoms with van der Waals surface area (Å²) < 4.78 is 39.3. The highest BCUT2D eigenvalue weighted by molar-refractivity contribution is 5.82. The third-order valence-electron chi connectivity index (χ3n) is 3.94. The van der Waals surface area contributed by atoms with Crippen LogP contribution in [0.15, 0.2) is 18.2 Å². The van der Waals surface area contributed by atoms with E-state index in [9.17, 15) is 28.2 Å². The van der Waals surface area contributed by atoms with Crippen molar-refractivity contribution in [3.8, 4) is 5.75 Å². The maximum atomic E-state index is 13.1. The van der Waals surface area contributed by atoms with E-state index in [-0.39, 0.29) is 18.4 Å². The Hall–Kier alpha value is -1.72. The highest BCUT2D eigenvalue weighted by Crippen LogP contribution is 2.46. The van der Waals surface area contributed by atoms with E-state index in [0.29, 0.717) is 18.9 Å². The van der Waals surface area contributed by atoms with Gasteiger partial charge in [-0.15, -0.1) is 0 Å². The molecule has 0 heterocycles. The fraction of sp³-hybridized carbons (Fsp3) is 0.500. The zero-order valence-electron chi connectivity index (χ0n) is 10.7. The Morgan fingerprint density at radius 2 is 1.75 bits per heavy atom. The summed E-state index contributed by atoms with van der Waals surface area (Å²) in [5, 5.41) is 18.7. The van der Waals surface area contributed by atoms with Crippen molar-refractivity contribution in [3.63, 3.8) is 0 Å². The number of alkyl halides is 3. The molecular weight excluding hydrogens is 273 g/mol. The largest absolute Gasteiger partial charge is 0.508 e. The molecule has 1 aliphatic carbocycles. The number of rotatable bonds is 2. The first-order valence-corrected chi connectivity index (χ1v) is 6.41. The molecular formula is C14H15F3O3. The van der Waals surface area contributed by atoms with Gasteiger partial charge in [0.25, 0.3) is 0 Å². The average molecular weight is 288 g/mol. The van der Waals surface area contributed by atoms with Gasteiger partial charge < -0.3 is 10.2 Å². The lowest BCUT2D eigenvalue weighted by Gasteiger charge is -2.35. The number of hydrogen-bond donors (Lipinski definition) is 2. The van der Waals surface area contributed by atoms with Crippen molar-refractivity contribution in [3.05, 3.63) is 29.3 Å². The van der Waals surface area contributed by atoms with E-state index >= 15 is 0 Å². The topological polar surface area (TPSA) is 57.5 Å². The number of aromatic hydroxyl groups is 1. The van der Waals surface area contributed by atoms with Crippen molar-refractivity contribution in [1.82, 2.24) is 0 Å². The quantitative estimate of drug-likeness (QED) is 0.872. The lowest BCUT2D eigenvalue weighted by molar-refractivity contribution is -0.147. The van der Waals surface area contributed by atoms with Crippen LogP contribution in [0.1, 0.15) is 43.2 Å². The van der Waals surface area contributed by atoms with Crippen LogP contribution in [0.2, 0.25) is 0 Å². The number of halogens is 3. The second-order valence-corrected chi connectivity index (χ2v) is 5.18. The minimum Gasteiger partial charge on any atom is -0.508 e. The van der Waals surface area contributed by atoms with Gasteiger partial charge in [0.1, 0.15) is 5.75 Å². The first-order valence-electron chi connectivity index (χ1n) is 6.41. The molecule has 1 fully saturated rings. The van der Waals surface area contributed by atoms with Crippen molar-refractivity contribution >= 4 is 5.97 Å². The van der Waals surface area contributed by atoms with Gasteiger partial charge in [-0.05, 0) is 30.5 Å². The van der Waals surface area contributed by atoms with Crippen LogP contribution in [0.4, 0.5) is 13.2 Å². The zero-order valence-corrected chi connectivity index (χ0v) is 10.7. The maximum absolute atomic E-state index is 13.1. The third kappa shape index (κ3) is 2.46. The van der Waals surface area contributed by atoms with Gasteiger partial charge in [0.2, 0.25) is 0 Å². The third-order valence-corrected chi connectivity index (χ3v) is 3.94. The number of phenols is 1. The summed E-state index contributed by atoms with van der Waals surface area (Å²) in [5.74, 6) is -1.74. The second kappa shape index (κ2) is 5.00. The number of hydrogen-bond acceptors (Lipinski definition) is 2. The summed E-state index contributed by atoms with van der Waals surface area (Å²) in [7, 11) is 0. The predicted octanol–water partition coefficient (Wildman–Crippen LogP) is 3.70. The summed E-state index contributed by atoms with van der Waals surface area (Å²) in [4.78, 5) is 11.6. The van der Waals surface area contributed by atoms with Crippen LogP contribution in [-0.2, 0) is 16.4 Å². The standard InChI is InChI=1S/C14H15F3O3/c15-14(16,17)11-8-9(18)4-5-10(11)13(12(19)20)6-2-1-3-7-13/h4-5,8,18H,1-3,6-7H2,(H,19,20). The highest BCUT2D eigenvalue weighted by Gasteiger charge is 2.47. The molecule has 0 radical (unpaired) electrons. The van der Waals surface area contributed by atoms with Gasteiger partial charge in [-0.2, -0.15) is 13.2 Å². The lowest BCUT2D eigenvalue weighted by atomic mass is 9.68. The number of benzene rings is 1. The molecule has 0 atom stereocenters. The molecule has 0 aliphatic heterocycles. The van der Waals surface area contributed by atoms with E-state index < -0.39 is 28.9 Å². The van der Waals surface area contributed by atoms with E-state index in [4.69, 9.17) is 0 Å². The highest BCUT2D eigenvalue weighted by atomic mass is 19.4. The smallest absolute Gasteiger partial charge is 0.416 e. The Morgan fingerprint density at radius 1 is 1.15 bits per heavy atom. The molecule has 6 heteroatoms. The lowest BCUT2D eigenvalue weighted by Crippen LogP contribution is -2.39. The van der Waals surface area contributed by atoms with E-state index in [1.165, 1.54) is 0 Å². The molecule has 0 unspecified atom stereocenters. The van der Waals surface area contributed by atoms with Gasteiger partial charge in [-0.1, -0.05) is 25.3 Å². The van der Waals surface area contributed by atoms with E-state index in [1.807, 2.05) is 0 Å². The van der Waals surface area contributed by atoms with Gasteiger partial charge in [0, 0.05) is 0 Å². The maximum Gasteiger partial charge on any atom is 0.416 e. The molecule has 20 heavy (non-hydrogen) atoms. The molecule has 0 bridgehead atoms. The number of carboxylic acids is 1. The monoisotopic (exact) mass is 288 g/mol. The zero-order chi connectivity index (χ0) is 15.0. The molecule has 0 amide bonds. The van der Waals surface area contributed by atoms with Gasteiger partial charge >= 0.3 is 12.1 Å². The molecule has 1 aromatic carbocycles. The van der Waals surface area contributed by atoms with Gasteiger partial charge in [0.15, 0.2) is 0 Å². The number of phenolic OH excluding ortho intramolecular Hbond substituents is 1. The Labute approximate surface area is 114 Å². The molecule has 1 aromatic rings. The Kier molecular flexibility index (Phi) is 3.67. The molecule has 110 valence electrons. The SMILES string of the molecule is O=C(O)C1(c2ccc(O)cc2C(F)(F)F)CCCCC1. The first-order chi connectivity index (χ1) is 9.27. The number of aliphatic carboxylic acids is 1. The summed E-state index contributed by atoms with van der Waals surface area (Å²) >= 11 is 0. The molecule has 1 saturated carbocycles. The van der Waals surface area contributed by atoms with Crippen LogP contribution in [0.25, 0.3) is 0 Å². The molecule has 0 saturated heterocycles. The van der Waals surface area contributed by atoms with E-state index in [0.717, 1.165) is 18.6 Å². The van der Waals surface area contributed by atoms with Crippen molar-refractivity contribution in [2.75, 3.05) is 0 Å². The molecule has 2 rings (SSSR count). The number of carbonyl (C=O) groups is 1. The molecule has 2 N–H and O–H groups in total. The fourth-order valence-electron chi connectivity index (χ4n) is 2.94.